The molecule has 1 aromatic carbocycles. The van der Waals surface area contributed by atoms with E-state index >= 15 is 0 Å². The van der Waals surface area contributed by atoms with Crippen molar-refractivity contribution in [2.45, 2.75) is 12.5 Å². The van der Waals surface area contributed by atoms with Gasteiger partial charge in [0.05, 0.1) is 25.8 Å². The molecular weight excluding hydrogens is 414 g/mol. The van der Waals surface area contributed by atoms with Gasteiger partial charge in [0.2, 0.25) is 5.91 Å². The van der Waals surface area contributed by atoms with Crippen LogP contribution in [-0.2, 0) is 16.0 Å². The minimum Gasteiger partial charge on any atom is -0.378 e. The lowest BCUT2D eigenvalue weighted by Gasteiger charge is -2.34. The highest BCUT2D eigenvalue weighted by molar-refractivity contribution is 7.10. The Balaban J connectivity index is 1.26. The largest absolute Gasteiger partial charge is 0.378 e. The van der Waals surface area contributed by atoms with Gasteiger partial charge in [0.15, 0.2) is 0 Å². The first-order valence-electron chi connectivity index (χ1n) is 10.3. The molecule has 7 heteroatoms. The van der Waals surface area contributed by atoms with Crippen LogP contribution in [0, 0.1) is 0 Å². The number of carbonyl (C=O) groups excluding carboxylic acids is 1. The zero-order valence-corrected chi connectivity index (χ0v) is 18.4. The van der Waals surface area contributed by atoms with Crippen LogP contribution in [0.25, 0.3) is 0 Å². The summed E-state index contributed by atoms with van der Waals surface area (Å²) in [5.74, 6) is 0.0364. The number of nitrogens with zero attached hydrogens (tertiary/aromatic N) is 2. The number of rotatable bonds is 5. The van der Waals surface area contributed by atoms with E-state index in [1.165, 1.54) is 21.0 Å². The third kappa shape index (κ3) is 4.16. The van der Waals surface area contributed by atoms with Crippen molar-refractivity contribution in [2.75, 3.05) is 49.6 Å². The molecule has 1 saturated heterocycles. The van der Waals surface area contributed by atoms with Gasteiger partial charge in [-0.25, -0.2) is 0 Å². The molecule has 30 heavy (non-hydrogen) atoms. The average molecular weight is 440 g/mol. The van der Waals surface area contributed by atoms with Gasteiger partial charge in [-0.1, -0.05) is 6.07 Å². The van der Waals surface area contributed by atoms with E-state index in [2.05, 4.69) is 56.2 Å². The van der Waals surface area contributed by atoms with Crippen LogP contribution < -0.4 is 10.2 Å². The lowest BCUT2D eigenvalue weighted by Crippen LogP contribution is -2.40. The van der Waals surface area contributed by atoms with E-state index in [4.69, 9.17) is 4.74 Å². The Bertz CT molecular complexity index is 978. The van der Waals surface area contributed by atoms with E-state index in [-0.39, 0.29) is 11.9 Å². The quantitative estimate of drug-likeness (QED) is 0.646. The van der Waals surface area contributed by atoms with Crippen molar-refractivity contribution >= 4 is 40.0 Å². The summed E-state index contributed by atoms with van der Waals surface area (Å²) >= 11 is 3.59. The number of fused-ring (bicyclic) bond motifs is 1. The second kappa shape index (κ2) is 8.89. The lowest BCUT2D eigenvalue weighted by atomic mass is 9.98. The van der Waals surface area contributed by atoms with Gasteiger partial charge in [-0.15, -0.1) is 22.7 Å². The Labute approximate surface area is 184 Å². The molecule has 3 aromatic rings. The molecule has 0 spiro atoms. The van der Waals surface area contributed by atoms with Gasteiger partial charge in [-0.2, -0.15) is 0 Å². The molecule has 1 N–H and O–H groups in total. The van der Waals surface area contributed by atoms with E-state index < -0.39 is 0 Å². The molecule has 156 valence electrons. The minimum absolute atomic E-state index is 0.0364. The molecule has 1 fully saturated rings. The molecule has 2 aromatic heterocycles. The molecule has 0 bridgehead atoms. The molecule has 0 aliphatic carbocycles. The van der Waals surface area contributed by atoms with Crippen molar-refractivity contribution < 1.29 is 9.53 Å². The lowest BCUT2D eigenvalue weighted by molar-refractivity contribution is -0.117. The second-order valence-corrected chi connectivity index (χ2v) is 9.61. The maximum atomic E-state index is 12.9. The first-order valence-corrected chi connectivity index (χ1v) is 12.1. The molecule has 5 rings (SSSR count). The van der Waals surface area contributed by atoms with Gasteiger partial charge in [0.1, 0.15) is 0 Å². The molecule has 4 heterocycles. The van der Waals surface area contributed by atoms with Crippen LogP contribution in [-0.4, -0.2) is 50.2 Å². The number of nitrogens with one attached hydrogen (secondary N) is 1. The molecular formula is C23H25N3O2S2. The van der Waals surface area contributed by atoms with Crippen LogP contribution >= 0.6 is 22.7 Å². The average Bonchev–Trinajstić information content (AvgIpc) is 3.47. The van der Waals surface area contributed by atoms with Crippen LogP contribution in [0.3, 0.4) is 0 Å². The zero-order valence-electron chi connectivity index (χ0n) is 16.8. The normalized spacial score (nSPS) is 19.5. The van der Waals surface area contributed by atoms with E-state index in [1.807, 2.05) is 23.5 Å². The first kappa shape index (κ1) is 19.8. The van der Waals surface area contributed by atoms with E-state index in [0.29, 0.717) is 6.54 Å². The summed E-state index contributed by atoms with van der Waals surface area (Å²) in [6.45, 7) is 4.66. The van der Waals surface area contributed by atoms with Crippen LogP contribution in [0.4, 0.5) is 11.4 Å². The highest BCUT2D eigenvalue weighted by atomic mass is 32.1. The van der Waals surface area contributed by atoms with E-state index in [9.17, 15) is 4.79 Å². The number of thiophene rings is 2. The topological polar surface area (TPSA) is 44.8 Å². The minimum atomic E-state index is 0.0364. The summed E-state index contributed by atoms with van der Waals surface area (Å²) in [6.07, 6.45) is 1.01. The Hall–Kier alpha value is -2.19. The number of anilines is 2. The molecule has 2 aliphatic heterocycles. The van der Waals surface area contributed by atoms with Gasteiger partial charge in [0.25, 0.3) is 0 Å². The van der Waals surface area contributed by atoms with Crippen molar-refractivity contribution in [2.24, 2.45) is 0 Å². The number of morpholine rings is 1. The molecule has 2 aliphatic rings. The molecule has 0 saturated carbocycles. The highest BCUT2D eigenvalue weighted by Crippen LogP contribution is 2.39. The van der Waals surface area contributed by atoms with E-state index in [0.717, 1.165) is 45.0 Å². The number of hydrogen-bond donors (Lipinski definition) is 1. The Morgan fingerprint density at radius 1 is 1.03 bits per heavy atom. The summed E-state index contributed by atoms with van der Waals surface area (Å²) in [5, 5.41) is 7.37. The van der Waals surface area contributed by atoms with Crippen LogP contribution in [0.2, 0.25) is 0 Å². The van der Waals surface area contributed by atoms with Gasteiger partial charge in [-0.05, 0) is 59.1 Å². The third-order valence-electron chi connectivity index (χ3n) is 5.75. The maximum Gasteiger partial charge on any atom is 0.238 e. The molecule has 0 radical (unpaired) electrons. The van der Waals surface area contributed by atoms with Crippen LogP contribution in [0.1, 0.15) is 21.4 Å². The van der Waals surface area contributed by atoms with Crippen molar-refractivity contribution in [3.8, 4) is 0 Å². The molecule has 1 atom stereocenters. The third-order valence-corrected chi connectivity index (χ3v) is 7.67. The summed E-state index contributed by atoms with van der Waals surface area (Å²) < 4.78 is 5.42. The van der Waals surface area contributed by atoms with Crippen molar-refractivity contribution in [3.05, 3.63) is 68.5 Å². The molecule has 1 amide bonds. The van der Waals surface area contributed by atoms with Crippen molar-refractivity contribution in [1.29, 1.82) is 0 Å². The summed E-state index contributed by atoms with van der Waals surface area (Å²) in [5.41, 5.74) is 3.38. The number of benzene rings is 1. The Morgan fingerprint density at radius 3 is 2.63 bits per heavy atom. The summed E-state index contributed by atoms with van der Waals surface area (Å²) in [7, 11) is 0. The summed E-state index contributed by atoms with van der Waals surface area (Å²) in [4.78, 5) is 20.2. The summed E-state index contributed by atoms with van der Waals surface area (Å²) in [6, 6.07) is 14.8. The Morgan fingerprint density at radius 2 is 1.87 bits per heavy atom. The van der Waals surface area contributed by atoms with Crippen LogP contribution in [0.5, 0.6) is 0 Å². The first-order chi connectivity index (χ1) is 14.8. The van der Waals surface area contributed by atoms with Crippen molar-refractivity contribution in [1.82, 2.24) is 4.90 Å². The SMILES string of the molecule is O=C(CN1CCc2sccc2C1c1cccs1)Nc1ccc(N2CCOCC2)cc1. The number of carbonyl (C=O) groups is 1. The highest BCUT2D eigenvalue weighted by Gasteiger charge is 2.31. The monoisotopic (exact) mass is 439 g/mol. The van der Waals surface area contributed by atoms with Crippen molar-refractivity contribution in [3.63, 3.8) is 0 Å². The molecule has 5 nitrogen and oxygen atoms in total. The maximum absolute atomic E-state index is 12.9. The van der Waals surface area contributed by atoms with Gasteiger partial charge < -0.3 is 15.0 Å². The zero-order chi connectivity index (χ0) is 20.3. The number of amides is 1. The van der Waals surface area contributed by atoms with Crippen LogP contribution in [0.15, 0.2) is 53.2 Å². The number of ether oxygens (including phenoxy) is 1. The van der Waals surface area contributed by atoms with Gasteiger partial charge in [-0.3, -0.25) is 9.69 Å². The second-order valence-electron chi connectivity index (χ2n) is 7.63. The fourth-order valence-electron chi connectivity index (χ4n) is 4.28. The predicted molar refractivity (Wildman–Crippen MR) is 124 cm³/mol. The molecule has 1 unspecified atom stereocenters. The Kier molecular flexibility index (Phi) is 5.86. The fraction of sp³-hybridized carbons (Fsp3) is 0.348. The fourth-order valence-corrected chi connectivity index (χ4v) is 6.06. The van der Waals surface area contributed by atoms with E-state index in [1.54, 1.807) is 11.3 Å². The van der Waals surface area contributed by atoms with Gasteiger partial charge >= 0.3 is 0 Å². The smallest absolute Gasteiger partial charge is 0.238 e. The van der Waals surface area contributed by atoms with Gasteiger partial charge in [0, 0.05) is 40.8 Å². The number of hydrogen-bond acceptors (Lipinski definition) is 6. The predicted octanol–water partition coefficient (Wildman–Crippen LogP) is 4.23. The standard InChI is InChI=1S/C23H25N3O2S2/c27-22(24-17-3-5-18(6-4-17)25-10-12-28-13-11-25)16-26-9-7-20-19(8-15-30-20)23(26)21-2-1-14-29-21/h1-6,8,14-15,23H,7,9-13,16H2,(H,24,27).